The van der Waals surface area contributed by atoms with Crippen molar-refractivity contribution in [3.05, 3.63) is 35.9 Å². The first-order valence-corrected chi connectivity index (χ1v) is 11.4. The largest absolute Gasteiger partial charge is 0.357 e. The van der Waals surface area contributed by atoms with Gasteiger partial charge >= 0.3 is 0 Å². The molecule has 2 saturated heterocycles. The van der Waals surface area contributed by atoms with Gasteiger partial charge in [-0.2, -0.15) is 0 Å². The molecule has 0 aliphatic carbocycles. The predicted molar refractivity (Wildman–Crippen MR) is 106 cm³/mol. The molecule has 2 atom stereocenters. The predicted octanol–water partition coefficient (Wildman–Crippen LogP) is 1.39. The van der Waals surface area contributed by atoms with Crippen LogP contribution in [0.2, 0.25) is 0 Å². The fraction of sp³-hybridized carbons (Fsp3) is 0.632. The quantitative estimate of drug-likeness (QED) is 0.578. The highest BCUT2D eigenvalue weighted by Crippen LogP contribution is 2.20. The summed E-state index contributed by atoms with van der Waals surface area (Å²) in [4.78, 5) is 7.26. The van der Waals surface area contributed by atoms with Crippen molar-refractivity contribution in [2.24, 2.45) is 4.99 Å². The molecule has 1 aromatic rings. The van der Waals surface area contributed by atoms with Crippen LogP contribution in [0, 0.1) is 0 Å². The molecule has 2 fully saturated rings. The SMILES string of the molecule is CCNC(=NCC1CCCN1Cc1ccccc1)NC1CCS(=O)(=O)C1. The number of rotatable bonds is 6. The zero-order valence-electron chi connectivity index (χ0n) is 15.5. The molecule has 6 nitrogen and oxygen atoms in total. The van der Waals surface area contributed by atoms with Crippen molar-refractivity contribution in [1.29, 1.82) is 0 Å². The van der Waals surface area contributed by atoms with Gasteiger partial charge in [-0.05, 0) is 38.3 Å². The zero-order chi connectivity index (χ0) is 18.4. The molecular weight excluding hydrogens is 348 g/mol. The molecule has 3 rings (SSSR count). The molecule has 2 heterocycles. The van der Waals surface area contributed by atoms with Gasteiger partial charge in [-0.25, -0.2) is 8.42 Å². The molecule has 0 saturated carbocycles. The summed E-state index contributed by atoms with van der Waals surface area (Å²) in [6, 6.07) is 11.0. The van der Waals surface area contributed by atoms with Crippen LogP contribution in [0.15, 0.2) is 35.3 Å². The minimum Gasteiger partial charge on any atom is -0.357 e. The number of guanidine groups is 1. The third-order valence-electron chi connectivity index (χ3n) is 5.11. The normalized spacial score (nSPS) is 26.1. The van der Waals surface area contributed by atoms with Crippen LogP contribution in [0.4, 0.5) is 0 Å². The third kappa shape index (κ3) is 5.45. The molecule has 2 aliphatic rings. The summed E-state index contributed by atoms with van der Waals surface area (Å²) in [6.45, 7) is 5.61. The molecule has 144 valence electrons. The minimum absolute atomic E-state index is 0.0261. The fourth-order valence-corrected chi connectivity index (χ4v) is 5.42. The van der Waals surface area contributed by atoms with Crippen LogP contribution in [0.25, 0.3) is 0 Å². The van der Waals surface area contributed by atoms with E-state index in [1.54, 1.807) is 0 Å². The van der Waals surface area contributed by atoms with Crippen LogP contribution in [-0.2, 0) is 16.4 Å². The van der Waals surface area contributed by atoms with Crippen molar-refractivity contribution in [3.63, 3.8) is 0 Å². The van der Waals surface area contributed by atoms with E-state index in [0.717, 1.165) is 38.6 Å². The summed E-state index contributed by atoms with van der Waals surface area (Å²) in [7, 11) is -2.88. The van der Waals surface area contributed by atoms with Gasteiger partial charge in [0.2, 0.25) is 0 Å². The first kappa shape index (κ1) is 19.2. The van der Waals surface area contributed by atoms with Crippen molar-refractivity contribution in [1.82, 2.24) is 15.5 Å². The van der Waals surface area contributed by atoms with Gasteiger partial charge in [0.1, 0.15) is 0 Å². The second-order valence-corrected chi connectivity index (χ2v) is 9.44. The number of aliphatic imine (C=N–C) groups is 1. The molecule has 0 amide bonds. The Morgan fingerprint density at radius 2 is 2.08 bits per heavy atom. The Kier molecular flexibility index (Phi) is 6.53. The van der Waals surface area contributed by atoms with Crippen molar-refractivity contribution >= 4 is 15.8 Å². The van der Waals surface area contributed by atoms with Crippen molar-refractivity contribution in [3.8, 4) is 0 Å². The number of nitrogens with zero attached hydrogens (tertiary/aromatic N) is 2. The summed E-state index contributed by atoms with van der Waals surface area (Å²) in [5.41, 5.74) is 1.34. The van der Waals surface area contributed by atoms with Crippen LogP contribution in [0.3, 0.4) is 0 Å². The Hall–Kier alpha value is -1.60. The molecule has 2 unspecified atom stereocenters. The van der Waals surface area contributed by atoms with Crippen LogP contribution in [-0.4, -0.2) is 62.5 Å². The lowest BCUT2D eigenvalue weighted by Gasteiger charge is -2.24. The van der Waals surface area contributed by atoms with Gasteiger partial charge in [-0.1, -0.05) is 30.3 Å². The lowest BCUT2D eigenvalue weighted by molar-refractivity contribution is 0.250. The van der Waals surface area contributed by atoms with Gasteiger partial charge in [0.05, 0.1) is 18.1 Å². The number of hydrogen-bond donors (Lipinski definition) is 2. The second-order valence-electron chi connectivity index (χ2n) is 7.22. The van der Waals surface area contributed by atoms with Gasteiger partial charge in [-0.3, -0.25) is 9.89 Å². The summed E-state index contributed by atoms with van der Waals surface area (Å²) >= 11 is 0. The van der Waals surface area contributed by atoms with E-state index < -0.39 is 9.84 Å². The maximum atomic E-state index is 11.7. The first-order chi connectivity index (χ1) is 12.6. The van der Waals surface area contributed by atoms with Crippen LogP contribution in [0.5, 0.6) is 0 Å². The maximum absolute atomic E-state index is 11.7. The lowest BCUT2D eigenvalue weighted by atomic mass is 10.2. The summed E-state index contributed by atoms with van der Waals surface area (Å²) in [6.07, 6.45) is 3.03. The van der Waals surface area contributed by atoms with Crippen molar-refractivity contribution < 1.29 is 8.42 Å². The monoisotopic (exact) mass is 378 g/mol. The molecule has 2 N–H and O–H groups in total. The second kappa shape index (κ2) is 8.86. The van der Waals surface area contributed by atoms with Gasteiger partial charge < -0.3 is 10.6 Å². The molecule has 0 bridgehead atoms. The van der Waals surface area contributed by atoms with Crippen LogP contribution in [0.1, 0.15) is 31.7 Å². The van der Waals surface area contributed by atoms with Gasteiger partial charge in [0, 0.05) is 25.2 Å². The first-order valence-electron chi connectivity index (χ1n) is 9.59. The van der Waals surface area contributed by atoms with Gasteiger partial charge in [0.15, 0.2) is 15.8 Å². The van der Waals surface area contributed by atoms with Gasteiger partial charge in [-0.15, -0.1) is 0 Å². The number of nitrogens with one attached hydrogen (secondary N) is 2. The molecule has 0 aromatic heterocycles. The van der Waals surface area contributed by atoms with Crippen molar-refractivity contribution in [2.75, 3.05) is 31.1 Å². The van der Waals surface area contributed by atoms with Crippen LogP contribution >= 0.6 is 0 Å². The highest BCUT2D eigenvalue weighted by molar-refractivity contribution is 7.91. The number of hydrogen-bond acceptors (Lipinski definition) is 4. The Morgan fingerprint density at radius 3 is 2.77 bits per heavy atom. The van der Waals surface area contributed by atoms with E-state index in [4.69, 9.17) is 4.99 Å². The number of benzene rings is 1. The van der Waals surface area contributed by atoms with Crippen LogP contribution < -0.4 is 10.6 Å². The lowest BCUT2D eigenvalue weighted by Crippen LogP contribution is -2.44. The zero-order valence-corrected chi connectivity index (χ0v) is 16.3. The molecule has 7 heteroatoms. The summed E-state index contributed by atoms with van der Waals surface area (Å²) in [5, 5.41) is 6.55. The highest BCUT2D eigenvalue weighted by atomic mass is 32.2. The van der Waals surface area contributed by atoms with Crippen molar-refractivity contribution in [2.45, 2.75) is 44.8 Å². The summed E-state index contributed by atoms with van der Waals surface area (Å²) < 4.78 is 23.3. The smallest absolute Gasteiger partial charge is 0.191 e. The maximum Gasteiger partial charge on any atom is 0.191 e. The van der Waals surface area contributed by atoms with E-state index in [9.17, 15) is 8.42 Å². The molecular formula is C19H30N4O2S. The van der Waals surface area contributed by atoms with E-state index >= 15 is 0 Å². The highest BCUT2D eigenvalue weighted by Gasteiger charge is 2.29. The van der Waals surface area contributed by atoms with E-state index in [1.807, 2.05) is 13.0 Å². The average molecular weight is 379 g/mol. The number of sulfone groups is 1. The Balaban J connectivity index is 1.57. The fourth-order valence-electron chi connectivity index (χ4n) is 3.75. The Bertz CT molecular complexity index is 706. The van der Waals surface area contributed by atoms with Gasteiger partial charge in [0.25, 0.3) is 0 Å². The van der Waals surface area contributed by atoms with E-state index in [-0.39, 0.29) is 17.5 Å². The van der Waals surface area contributed by atoms with E-state index in [0.29, 0.717) is 12.5 Å². The number of likely N-dealkylation sites (tertiary alicyclic amines) is 1. The summed E-state index contributed by atoms with van der Waals surface area (Å²) in [5.74, 6) is 1.22. The average Bonchev–Trinajstić information content (AvgIpc) is 3.19. The molecule has 2 aliphatic heterocycles. The van der Waals surface area contributed by atoms with E-state index in [2.05, 4.69) is 39.8 Å². The van der Waals surface area contributed by atoms with E-state index in [1.165, 1.54) is 12.0 Å². The minimum atomic E-state index is -2.88. The standard InChI is InChI=1S/C19H30N4O2S/c1-2-20-19(22-17-10-12-26(24,25)15-17)21-13-18-9-6-11-23(18)14-16-7-4-3-5-8-16/h3-5,7-8,17-18H,2,6,9-15H2,1H3,(H2,20,21,22). The Morgan fingerprint density at radius 1 is 1.27 bits per heavy atom. The molecule has 1 aromatic carbocycles. The molecule has 26 heavy (non-hydrogen) atoms. The third-order valence-corrected chi connectivity index (χ3v) is 6.87. The molecule has 0 spiro atoms. The Labute approximate surface area is 157 Å². The topological polar surface area (TPSA) is 73.8 Å². The molecule has 0 radical (unpaired) electrons.